The summed E-state index contributed by atoms with van der Waals surface area (Å²) in [5.74, 6) is 1.44. The molecule has 1 unspecified atom stereocenters. The number of amides is 1. The molecule has 4 rings (SSSR count). The fourth-order valence-electron chi connectivity index (χ4n) is 3.89. The Morgan fingerprint density at radius 1 is 1.26 bits per heavy atom. The molecule has 2 aliphatic rings. The minimum absolute atomic E-state index is 0.131. The number of aromatic nitrogens is 2. The highest BCUT2D eigenvalue weighted by Gasteiger charge is 2.34. The summed E-state index contributed by atoms with van der Waals surface area (Å²) in [5, 5.41) is 20.9. The largest absolute Gasteiger partial charge is 0.508 e. The lowest BCUT2D eigenvalue weighted by Gasteiger charge is -2.39. The maximum Gasteiger partial charge on any atom is 0.410 e. The number of benzene rings is 1. The minimum Gasteiger partial charge on any atom is -0.508 e. The standard InChI is InChI=1S/C25H33N5O5/c1-25(2,3)35-24(32)30-13-16(14-30)15-34-23-19(12-26)22(27-20-6-4-5-11-33-20)28-21(29-23)17-7-9-18(31)10-8-17/h7-10,12,16,20,26,31H,4-6,11,13-15H2,1-3H3,(H,27,28,29). The summed E-state index contributed by atoms with van der Waals surface area (Å²) in [5.41, 5.74) is 0.607. The first-order valence-electron chi connectivity index (χ1n) is 11.9. The summed E-state index contributed by atoms with van der Waals surface area (Å²) in [6, 6.07) is 6.59. The van der Waals surface area contributed by atoms with Crippen LogP contribution in [-0.2, 0) is 9.47 Å². The summed E-state index contributed by atoms with van der Waals surface area (Å²) >= 11 is 0. The third kappa shape index (κ3) is 6.39. The molecule has 2 saturated heterocycles. The van der Waals surface area contributed by atoms with Crippen molar-refractivity contribution in [2.75, 3.05) is 31.6 Å². The van der Waals surface area contributed by atoms with Crippen LogP contribution in [-0.4, -0.2) is 70.4 Å². The number of anilines is 1. The zero-order valence-electron chi connectivity index (χ0n) is 20.4. The molecule has 0 bridgehead atoms. The molecular weight excluding hydrogens is 450 g/mol. The Morgan fingerprint density at radius 2 is 2.00 bits per heavy atom. The van der Waals surface area contributed by atoms with E-state index in [-0.39, 0.29) is 29.9 Å². The molecule has 2 fully saturated rings. The minimum atomic E-state index is -0.533. The summed E-state index contributed by atoms with van der Waals surface area (Å²) in [6.07, 6.45) is 3.56. The molecule has 10 nitrogen and oxygen atoms in total. The van der Waals surface area contributed by atoms with Crippen LogP contribution in [0.4, 0.5) is 10.6 Å². The number of aromatic hydroxyl groups is 1. The Labute approximate surface area is 205 Å². The van der Waals surface area contributed by atoms with E-state index in [4.69, 9.17) is 19.6 Å². The molecule has 1 atom stereocenters. The first-order chi connectivity index (χ1) is 16.7. The average molecular weight is 484 g/mol. The van der Waals surface area contributed by atoms with Crippen LogP contribution in [0, 0.1) is 11.3 Å². The van der Waals surface area contributed by atoms with Crippen molar-refractivity contribution in [3.05, 3.63) is 29.8 Å². The van der Waals surface area contributed by atoms with Crippen LogP contribution in [0.1, 0.15) is 45.6 Å². The zero-order chi connectivity index (χ0) is 25.0. The van der Waals surface area contributed by atoms with E-state index in [1.807, 2.05) is 20.8 Å². The highest BCUT2D eigenvalue weighted by Crippen LogP contribution is 2.30. The molecule has 0 aliphatic carbocycles. The smallest absolute Gasteiger partial charge is 0.410 e. The van der Waals surface area contributed by atoms with E-state index in [1.165, 1.54) is 6.21 Å². The summed E-state index contributed by atoms with van der Waals surface area (Å²) in [6.45, 7) is 7.61. The number of phenols is 1. The van der Waals surface area contributed by atoms with Gasteiger partial charge in [0.15, 0.2) is 5.82 Å². The molecule has 3 N–H and O–H groups in total. The van der Waals surface area contributed by atoms with Crippen LogP contribution in [0.2, 0.25) is 0 Å². The van der Waals surface area contributed by atoms with Crippen molar-refractivity contribution in [1.82, 2.24) is 14.9 Å². The van der Waals surface area contributed by atoms with Gasteiger partial charge in [-0.2, -0.15) is 4.98 Å². The molecule has 2 aromatic rings. The van der Waals surface area contributed by atoms with E-state index < -0.39 is 5.60 Å². The maximum atomic E-state index is 12.2. The molecule has 10 heteroatoms. The van der Waals surface area contributed by atoms with E-state index in [0.717, 1.165) is 19.3 Å². The molecule has 3 heterocycles. The molecule has 1 aromatic carbocycles. The third-order valence-electron chi connectivity index (χ3n) is 5.72. The molecule has 0 spiro atoms. The van der Waals surface area contributed by atoms with Crippen molar-refractivity contribution >= 4 is 18.1 Å². The second kappa shape index (κ2) is 10.5. The summed E-state index contributed by atoms with van der Waals surface area (Å²) < 4.78 is 17.3. The van der Waals surface area contributed by atoms with Gasteiger partial charge in [0, 0.05) is 37.4 Å². The third-order valence-corrected chi connectivity index (χ3v) is 5.72. The number of nitrogens with zero attached hydrogens (tertiary/aromatic N) is 3. The highest BCUT2D eigenvalue weighted by atomic mass is 16.6. The quantitative estimate of drug-likeness (QED) is 0.503. The number of carbonyl (C=O) groups excluding carboxylic acids is 1. The number of phenolic OH excluding ortho intramolecular Hbond substituents is 1. The van der Waals surface area contributed by atoms with Gasteiger partial charge in [-0.15, -0.1) is 0 Å². The van der Waals surface area contributed by atoms with Crippen molar-refractivity contribution < 1.29 is 24.1 Å². The number of hydrogen-bond donors (Lipinski definition) is 3. The lowest BCUT2D eigenvalue weighted by molar-refractivity contribution is -0.00808. The fraction of sp³-hybridized carbons (Fsp3) is 0.520. The van der Waals surface area contributed by atoms with Gasteiger partial charge in [0.25, 0.3) is 0 Å². The summed E-state index contributed by atoms with van der Waals surface area (Å²) in [7, 11) is 0. The number of rotatable bonds is 7. The van der Waals surface area contributed by atoms with E-state index in [9.17, 15) is 9.90 Å². The zero-order valence-corrected chi connectivity index (χ0v) is 20.4. The van der Waals surface area contributed by atoms with Crippen LogP contribution in [0.3, 0.4) is 0 Å². The normalized spacial score (nSPS) is 18.5. The Morgan fingerprint density at radius 3 is 2.63 bits per heavy atom. The van der Waals surface area contributed by atoms with Crippen LogP contribution in [0.15, 0.2) is 24.3 Å². The summed E-state index contributed by atoms with van der Waals surface area (Å²) in [4.78, 5) is 23.1. The number of hydrogen-bond acceptors (Lipinski definition) is 9. The lowest BCUT2D eigenvalue weighted by Crippen LogP contribution is -2.53. The topological polar surface area (TPSA) is 130 Å². The van der Waals surface area contributed by atoms with Crippen LogP contribution >= 0.6 is 0 Å². The van der Waals surface area contributed by atoms with E-state index in [2.05, 4.69) is 15.3 Å². The van der Waals surface area contributed by atoms with Crippen molar-refractivity contribution in [1.29, 1.82) is 5.41 Å². The number of ether oxygens (including phenoxy) is 3. The lowest BCUT2D eigenvalue weighted by atomic mass is 10.0. The molecule has 0 saturated carbocycles. The number of carbonyl (C=O) groups is 1. The Hall–Kier alpha value is -3.40. The van der Waals surface area contributed by atoms with Gasteiger partial charge >= 0.3 is 6.09 Å². The average Bonchev–Trinajstić information content (AvgIpc) is 2.78. The van der Waals surface area contributed by atoms with Crippen molar-refractivity contribution in [3.63, 3.8) is 0 Å². The van der Waals surface area contributed by atoms with Crippen molar-refractivity contribution in [2.45, 2.75) is 51.9 Å². The predicted octanol–water partition coefficient (Wildman–Crippen LogP) is 4.03. The SMILES string of the molecule is CC(C)(C)OC(=O)N1CC(COc2nc(-c3ccc(O)cc3)nc(NC3CCCCO3)c2C=N)C1. The maximum absolute atomic E-state index is 12.2. The van der Waals surface area contributed by atoms with E-state index in [0.29, 0.717) is 49.1 Å². The van der Waals surface area contributed by atoms with Gasteiger partial charge in [-0.25, -0.2) is 9.78 Å². The van der Waals surface area contributed by atoms with E-state index in [1.54, 1.807) is 29.2 Å². The van der Waals surface area contributed by atoms with Gasteiger partial charge in [0.2, 0.25) is 5.88 Å². The monoisotopic (exact) mass is 483 g/mol. The van der Waals surface area contributed by atoms with Gasteiger partial charge in [-0.05, 0) is 64.3 Å². The van der Waals surface area contributed by atoms with Crippen molar-refractivity contribution in [3.8, 4) is 23.0 Å². The number of likely N-dealkylation sites (tertiary alicyclic amines) is 1. The van der Waals surface area contributed by atoms with Crippen LogP contribution < -0.4 is 10.1 Å². The van der Waals surface area contributed by atoms with Gasteiger partial charge < -0.3 is 34.9 Å². The Bertz CT molecular complexity index is 1040. The van der Waals surface area contributed by atoms with Gasteiger partial charge in [-0.1, -0.05) is 0 Å². The molecular formula is C25H33N5O5. The number of nitrogens with one attached hydrogen (secondary N) is 2. The molecule has 1 aromatic heterocycles. The molecule has 2 aliphatic heterocycles. The first-order valence-corrected chi connectivity index (χ1v) is 11.9. The highest BCUT2D eigenvalue weighted by molar-refractivity contribution is 5.88. The fourth-order valence-corrected chi connectivity index (χ4v) is 3.89. The van der Waals surface area contributed by atoms with E-state index >= 15 is 0 Å². The molecule has 35 heavy (non-hydrogen) atoms. The predicted molar refractivity (Wildman–Crippen MR) is 131 cm³/mol. The Balaban J connectivity index is 1.50. The molecule has 0 radical (unpaired) electrons. The van der Waals surface area contributed by atoms with Gasteiger partial charge in [0.1, 0.15) is 23.4 Å². The van der Waals surface area contributed by atoms with Crippen LogP contribution in [0.5, 0.6) is 11.6 Å². The Kier molecular flexibility index (Phi) is 7.39. The van der Waals surface area contributed by atoms with Gasteiger partial charge in [-0.3, -0.25) is 0 Å². The second-order valence-corrected chi connectivity index (χ2v) is 9.87. The molecule has 188 valence electrons. The van der Waals surface area contributed by atoms with Crippen LogP contribution in [0.25, 0.3) is 11.4 Å². The van der Waals surface area contributed by atoms with Crippen molar-refractivity contribution in [2.24, 2.45) is 5.92 Å². The first kappa shape index (κ1) is 24.7. The second-order valence-electron chi connectivity index (χ2n) is 9.87. The van der Waals surface area contributed by atoms with Gasteiger partial charge in [0.05, 0.1) is 12.2 Å². The molecule has 1 amide bonds.